The molecule has 2 aromatic heterocycles. The molecule has 0 saturated carbocycles. The lowest BCUT2D eigenvalue weighted by Crippen LogP contribution is -2.41. The molecule has 1 fully saturated rings. The molecular formula is C25H29N5O4S. The molecule has 184 valence electrons. The van der Waals surface area contributed by atoms with E-state index in [1.165, 1.54) is 18.3 Å². The number of rotatable bonds is 6. The second-order valence-electron chi connectivity index (χ2n) is 9.35. The lowest BCUT2D eigenvalue weighted by Gasteiger charge is -2.34. The monoisotopic (exact) mass is 495 g/mol. The zero-order valence-electron chi connectivity index (χ0n) is 20.1. The third kappa shape index (κ3) is 4.93. The maximum atomic E-state index is 13.3. The molecule has 1 aromatic carbocycles. The molecular weight excluding hydrogens is 466 g/mol. The first-order valence-electron chi connectivity index (χ1n) is 11.2. The van der Waals surface area contributed by atoms with Crippen LogP contribution in [-0.2, 0) is 10.0 Å². The van der Waals surface area contributed by atoms with E-state index in [9.17, 15) is 13.2 Å². The molecule has 1 atom stereocenters. The number of nitrogens with one attached hydrogen (secondary N) is 1. The van der Waals surface area contributed by atoms with Crippen molar-refractivity contribution >= 4 is 27.6 Å². The van der Waals surface area contributed by atoms with Crippen molar-refractivity contribution in [3.63, 3.8) is 0 Å². The number of nitrogen functional groups attached to an aromatic ring is 1. The summed E-state index contributed by atoms with van der Waals surface area (Å²) >= 11 is 0. The molecule has 0 aliphatic carbocycles. The number of carbonyl (C=O) groups excluding carboxylic acids is 1. The van der Waals surface area contributed by atoms with E-state index in [1.54, 1.807) is 19.2 Å². The number of pyridine rings is 2. The number of ether oxygens (including phenoxy) is 1. The molecule has 1 saturated heterocycles. The lowest BCUT2D eigenvalue weighted by atomic mass is 9.97. The Balaban J connectivity index is 1.78. The molecule has 0 radical (unpaired) electrons. The third-order valence-corrected chi connectivity index (χ3v) is 7.51. The van der Waals surface area contributed by atoms with Gasteiger partial charge in [0.1, 0.15) is 22.3 Å². The summed E-state index contributed by atoms with van der Waals surface area (Å²) in [5.74, 6) is 0.508. The van der Waals surface area contributed by atoms with Crippen LogP contribution >= 0.6 is 0 Å². The van der Waals surface area contributed by atoms with Crippen molar-refractivity contribution in [2.24, 2.45) is 5.92 Å². The highest BCUT2D eigenvalue weighted by Gasteiger charge is 2.39. The minimum Gasteiger partial charge on any atom is -0.497 e. The second kappa shape index (κ2) is 9.18. The van der Waals surface area contributed by atoms with Crippen molar-refractivity contribution in [2.45, 2.75) is 37.6 Å². The van der Waals surface area contributed by atoms with Gasteiger partial charge in [-0.05, 0) is 62.6 Å². The minimum atomic E-state index is -4.24. The van der Waals surface area contributed by atoms with Crippen molar-refractivity contribution < 1.29 is 17.9 Å². The van der Waals surface area contributed by atoms with Gasteiger partial charge in [-0.3, -0.25) is 4.79 Å². The Labute approximate surface area is 205 Å². The Morgan fingerprint density at radius 2 is 1.97 bits per heavy atom. The van der Waals surface area contributed by atoms with Crippen LogP contribution in [0.2, 0.25) is 0 Å². The summed E-state index contributed by atoms with van der Waals surface area (Å²) in [5.41, 5.74) is 7.08. The van der Waals surface area contributed by atoms with E-state index in [-0.39, 0.29) is 21.8 Å². The summed E-state index contributed by atoms with van der Waals surface area (Å²) in [6.45, 7) is 7.00. The normalized spacial score (nSPS) is 17.3. The molecule has 35 heavy (non-hydrogen) atoms. The van der Waals surface area contributed by atoms with E-state index in [4.69, 9.17) is 15.5 Å². The maximum Gasteiger partial charge on any atom is 0.268 e. The van der Waals surface area contributed by atoms with Crippen molar-refractivity contribution in [3.8, 4) is 17.0 Å². The number of amides is 1. The predicted molar refractivity (Wildman–Crippen MR) is 135 cm³/mol. The zero-order chi connectivity index (χ0) is 25.4. The summed E-state index contributed by atoms with van der Waals surface area (Å²) in [5, 5.41) is 0. The minimum absolute atomic E-state index is 0.157. The molecule has 3 heterocycles. The van der Waals surface area contributed by atoms with Gasteiger partial charge in [0.15, 0.2) is 0 Å². The smallest absolute Gasteiger partial charge is 0.268 e. The van der Waals surface area contributed by atoms with Gasteiger partial charge in [-0.2, -0.15) is 0 Å². The molecule has 10 heteroatoms. The Bertz CT molecular complexity index is 1370. The van der Waals surface area contributed by atoms with Gasteiger partial charge in [-0.15, -0.1) is 0 Å². The number of aromatic nitrogens is 2. The SMILES string of the molecule is COc1cccc(-c2ccc(C(=O)NS(=O)(=O)c3cccnc3N)c(N3C[C@@H](C)CC3(C)C)n2)c1. The molecule has 1 aliphatic heterocycles. The van der Waals surface area contributed by atoms with Crippen molar-refractivity contribution in [1.29, 1.82) is 0 Å². The first-order valence-corrected chi connectivity index (χ1v) is 12.7. The number of carbonyl (C=O) groups is 1. The van der Waals surface area contributed by atoms with E-state index < -0.39 is 15.9 Å². The third-order valence-electron chi connectivity index (χ3n) is 6.13. The van der Waals surface area contributed by atoms with Gasteiger partial charge in [0.2, 0.25) is 0 Å². The Morgan fingerprint density at radius 3 is 2.63 bits per heavy atom. The first-order chi connectivity index (χ1) is 16.5. The van der Waals surface area contributed by atoms with Crippen LogP contribution in [0.1, 0.15) is 37.6 Å². The van der Waals surface area contributed by atoms with Crippen molar-refractivity contribution in [1.82, 2.24) is 14.7 Å². The number of hydrogen-bond donors (Lipinski definition) is 2. The number of hydrogen-bond acceptors (Lipinski definition) is 8. The summed E-state index contributed by atoms with van der Waals surface area (Å²) in [6, 6.07) is 13.5. The van der Waals surface area contributed by atoms with Gasteiger partial charge in [0.25, 0.3) is 15.9 Å². The van der Waals surface area contributed by atoms with E-state index >= 15 is 0 Å². The number of sulfonamides is 1. The fraction of sp³-hybridized carbons (Fsp3) is 0.320. The molecule has 4 rings (SSSR count). The van der Waals surface area contributed by atoms with E-state index in [2.05, 4.69) is 35.4 Å². The van der Waals surface area contributed by atoms with Crippen LogP contribution in [0.5, 0.6) is 5.75 Å². The number of nitrogens with two attached hydrogens (primary N) is 1. The first kappa shape index (κ1) is 24.5. The largest absolute Gasteiger partial charge is 0.497 e. The molecule has 3 N–H and O–H groups in total. The number of anilines is 2. The van der Waals surface area contributed by atoms with Gasteiger partial charge in [0.05, 0.1) is 18.4 Å². The number of benzene rings is 1. The summed E-state index contributed by atoms with van der Waals surface area (Å²) in [4.78, 5) is 23.8. The predicted octanol–water partition coefficient (Wildman–Crippen LogP) is 3.48. The number of methoxy groups -OCH3 is 1. The van der Waals surface area contributed by atoms with E-state index in [0.29, 0.717) is 29.7 Å². The van der Waals surface area contributed by atoms with Gasteiger partial charge < -0.3 is 15.4 Å². The van der Waals surface area contributed by atoms with Crippen LogP contribution in [0.4, 0.5) is 11.6 Å². The lowest BCUT2D eigenvalue weighted by molar-refractivity contribution is 0.0981. The van der Waals surface area contributed by atoms with Gasteiger partial charge in [-0.25, -0.2) is 23.1 Å². The highest BCUT2D eigenvalue weighted by Crippen LogP contribution is 2.38. The molecule has 0 spiro atoms. The van der Waals surface area contributed by atoms with Crippen LogP contribution < -0.4 is 20.1 Å². The second-order valence-corrected chi connectivity index (χ2v) is 11.0. The van der Waals surface area contributed by atoms with Crippen molar-refractivity contribution in [2.75, 3.05) is 24.3 Å². The van der Waals surface area contributed by atoms with Crippen LogP contribution in [0, 0.1) is 5.92 Å². The summed E-state index contributed by atoms with van der Waals surface area (Å²) in [7, 11) is -2.65. The molecule has 0 unspecified atom stereocenters. The van der Waals surface area contributed by atoms with Crippen LogP contribution in [0.25, 0.3) is 11.3 Å². The average Bonchev–Trinajstić information content (AvgIpc) is 3.10. The van der Waals surface area contributed by atoms with Gasteiger partial charge >= 0.3 is 0 Å². The van der Waals surface area contributed by atoms with Crippen LogP contribution in [0.15, 0.2) is 59.6 Å². The fourth-order valence-corrected chi connectivity index (χ4v) is 5.65. The zero-order valence-corrected chi connectivity index (χ0v) is 21.0. The van der Waals surface area contributed by atoms with Gasteiger partial charge in [-0.1, -0.05) is 19.1 Å². The standard InChI is InChI=1S/C25H29N5O4S/c1-16-14-25(2,3)30(15-16)23-19(10-11-20(28-23)17-7-5-8-18(13-17)34-4)24(31)29-35(32,33)21-9-6-12-27-22(21)26/h5-13,16H,14-15H2,1-4H3,(H2,26,27)(H,29,31)/t16-/m0/s1. The Morgan fingerprint density at radius 1 is 1.20 bits per heavy atom. The van der Waals surface area contributed by atoms with E-state index in [1.807, 2.05) is 24.3 Å². The Hall–Kier alpha value is -3.66. The van der Waals surface area contributed by atoms with Crippen molar-refractivity contribution in [3.05, 3.63) is 60.3 Å². The molecule has 1 amide bonds. The van der Waals surface area contributed by atoms with E-state index in [0.717, 1.165) is 12.0 Å². The van der Waals surface area contributed by atoms with Gasteiger partial charge in [0, 0.05) is 23.8 Å². The summed E-state index contributed by atoms with van der Waals surface area (Å²) < 4.78 is 33.3. The fourth-order valence-electron chi connectivity index (χ4n) is 4.60. The number of nitrogens with zero attached hydrogens (tertiary/aromatic N) is 3. The highest BCUT2D eigenvalue weighted by atomic mass is 32.2. The van der Waals surface area contributed by atoms with Crippen LogP contribution in [0.3, 0.4) is 0 Å². The molecule has 0 bridgehead atoms. The quantitative estimate of drug-likeness (QED) is 0.532. The molecule has 1 aliphatic rings. The topological polar surface area (TPSA) is 128 Å². The highest BCUT2D eigenvalue weighted by molar-refractivity contribution is 7.90. The van der Waals surface area contributed by atoms with Crippen LogP contribution in [-0.4, -0.2) is 43.5 Å². The molecule has 3 aromatic rings. The summed E-state index contributed by atoms with van der Waals surface area (Å²) in [6.07, 6.45) is 2.29. The molecule has 9 nitrogen and oxygen atoms in total. The maximum absolute atomic E-state index is 13.3. The average molecular weight is 496 g/mol. The Kier molecular flexibility index (Phi) is 6.42.